The molecule has 4 saturated heterocycles. The maximum absolute atomic E-state index is 13.9. The predicted octanol–water partition coefficient (Wildman–Crippen LogP) is 1.17. The van der Waals surface area contributed by atoms with Crippen LogP contribution in [0.1, 0.15) is 64.9 Å². The Kier molecular flexibility index (Phi) is 11.4. The van der Waals surface area contributed by atoms with E-state index in [1.165, 1.54) is 53.1 Å². The van der Waals surface area contributed by atoms with Gasteiger partial charge in [0, 0.05) is 55.6 Å². The van der Waals surface area contributed by atoms with Crippen LogP contribution in [-0.2, 0) is 24.0 Å². The van der Waals surface area contributed by atoms with Crippen molar-refractivity contribution in [3.63, 3.8) is 0 Å². The van der Waals surface area contributed by atoms with Crippen LogP contribution in [0.4, 0.5) is 4.79 Å². The molecule has 2 bridgehead atoms. The van der Waals surface area contributed by atoms with Crippen molar-refractivity contribution in [3.05, 3.63) is 69.4 Å². The molecule has 5 heterocycles. The van der Waals surface area contributed by atoms with E-state index in [9.17, 15) is 53.7 Å². The number of thioether (sulfide) groups is 1. The van der Waals surface area contributed by atoms with Gasteiger partial charge in [-0.2, -0.15) is 0 Å². The van der Waals surface area contributed by atoms with Crippen molar-refractivity contribution >= 4 is 71.2 Å². The number of carboxylic acids is 1. The van der Waals surface area contributed by atoms with Gasteiger partial charge in [0.2, 0.25) is 5.91 Å². The number of fused-ring (bicyclic) bond motifs is 3. The molecule has 0 spiro atoms. The maximum atomic E-state index is 13.9. The Hall–Kier alpha value is -5.66. The zero-order valence-electron chi connectivity index (χ0n) is 31.1. The van der Waals surface area contributed by atoms with Crippen LogP contribution in [0.2, 0.25) is 5.02 Å². The highest BCUT2D eigenvalue weighted by molar-refractivity contribution is 8.00. The number of piperazine rings is 1. The van der Waals surface area contributed by atoms with Crippen molar-refractivity contribution in [2.24, 2.45) is 0 Å². The SMILES string of the molecule is CCN1CCN(C(=O)N[C@@H](C(=O)N[C@@H]2C(=O)N3C(C(=O)O)=C(CN4[C@@H]5CC[C@H]4CC(NC(=O)c4ccc(O)c(O)c4Cl)C5)CS[C@H]23)c2cccc(C=O)c2)C(=O)C1=O. The second kappa shape index (κ2) is 16.3. The number of carboxylic acid groups (broad SMARTS) is 1. The van der Waals surface area contributed by atoms with E-state index in [1.54, 1.807) is 6.92 Å². The Morgan fingerprint density at radius 3 is 2.40 bits per heavy atom. The number of hydrogen-bond donors (Lipinski definition) is 6. The predicted molar refractivity (Wildman–Crippen MR) is 206 cm³/mol. The van der Waals surface area contributed by atoms with Gasteiger partial charge in [-0.1, -0.05) is 29.8 Å². The van der Waals surface area contributed by atoms with Crippen LogP contribution in [0.25, 0.3) is 0 Å². The summed E-state index contributed by atoms with van der Waals surface area (Å²) in [4.78, 5) is 109. The van der Waals surface area contributed by atoms with Crippen LogP contribution < -0.4 is 16.0 Å². The first-order chi connectivity index (χ1) is 27.7. The van der Waals surface area contributed by atoms with E-state index in [0.29, 0.717) is 29.6 Å². The Labute approximate surface area is 340 Å². The van der Waals surface area contributed by atoms with Crippen LogP contribution in [0.15, 0.2) is 47.7 Å². The van der Waals surface area contributed by atoms with Crippen molar-refractivity contribution in [1.29, 1.82) is 0 Å². The number of β-lactam (4-membered cyclic amide) rings is 1. The van der Waals surface area contributed by atoms with E-state index in [-0.39, 0.29) is 77.5 Å². The van der Waals surface area contributed by atoms with E-state index in [0.717, 1.165) is 17.7 Å². The van der Waals surface area contributed by atoms with Gasteiger partial charge in [0.05, 0.1) is 10.6 Å². The Bertz CT molecular complexity index is 2140. The molecule has 6 atom stereocenters. The van der Waals surface area contributed by atoms with Gasteiger partial charge in [-0.05, 0) is 61.9 Å². The van der Waals surface area contributed by atoms with E-state index < -0.39 is 70.5 Å². The highest BCUT2D eigenvalue weighted by Gasteiger charge is 2.55. The van der Waals surface area contributed by atoms with Gasteiger partial charge in [0.1, 0.15) is 29.4 Å². The minimum absolute atomic E-state index is 0.00549. The number of hydrogen-bond acceptors (Lipinski definition) is 12. The van der Waals surface area contributed by atoms with Gasteiger partial charge in [0.15, 0.2) is 11.5 Å². The molecule has 20 heteroatoms. The summed E-state index contributed by atoms with van der Waals surface area (Å²) in [6.07, 6.45) is 3.31. The molecule has 0 aliphatic carbocycles. The molecular formula is C38H40ClN7O11S. The number of amides is 7. The number of imide groups is 1. The first-order valence-corrected chi connectivity index (χ1v) is 20.1. The molecule has 0 radical (unpaired) electrons. The Morgan fingerprint density at radius 1 is 1.00 bits per heavy atom. The largest absolute Gasteiger partial charge is 0.504 e. The lowest BCUT2D eigenvalue weighted by molar-refractivity contribution is -0.153. The third-order valence-electron chi connectivity index (χ3n) is 11.3. The highest BCUT2D eigenvalue weighted by Crippen LogP contribution is 2.43. The van der Waals surface area contributed by atoms with Crippen LogP contribution >= 0.6 is 23.4 Å². The van der Waals surface area contributed by atoms with Crippen LogP contribution in [0.3, 0.4) is 0 Å². The van der Waals surface area contributed by atoms with Crippen LogP contribution in [-0.4, -0.2) is 144 Å². The lowest BCUT2D eigenvalue weighted by atomic mass is 9.95. The fraction of sp³-hybridized carbons (Fsp3) is 0.421. The highest BCUT2D eigenvalue weighted by atomic mass is 35.5. The van der Waals surface area contributed by atoms with Gasteiger partial charge in [-0.25, -0.2) is 9.59 Å². The topological polar surface area (TPSA) is 246 Å². The van der Waals surface area contributed by atoms with E-state index >= 15 is 0 Å². The smallest absolute Gasteiger partial charge is 0.352 e. The zero-order valence-corrected chi connectivity index (χ0v) is 32.6. The summed E-state index contributed by atoms with van der Waals surface area (Å²) in [5, 5.41) is 37.1. The normalized spacial score (nSPS) is 24.8. The van der Waals surface area contributed by atoms with Gasteiger partial charge < -0.3 is 36.2 Å². The molecule has 4 fully saturated rings. The summed E-state index contributed by atoms with van der Waals surface area (Å²) in [6, 6.07) is 4.40. The number of carbonyl (C=O) groups is 8. The molecule has 5 aliphatic rings. The molecular weight excluding hydrogens is 798 g/mol. The molecule has 2 aromatic carbocycles. The maximum Gasteiger partial charge on any atom is 0.352 e. The van der Waals surface area contributed by atoms with Crippen molar-refractivity contribution in [2.75, 3.05) is 31.9 Å². The molecule has 18 nitrogen and oxygen atoms in total. The fourth-order valence-electron chi connectivity index (χ4n) is 8.39. The third-order valence-corrected chi connectivity index (χ3v) is 13.0. The minimum Gasteiger partial charge on any atom is -0.504 e. The number of aromatic hydroxyl groups is 2. The van der Waals surface area contributed by atoms with Gasteiger partial charge in [0.25, 0.3) is 11.8 Å². The van der Waals surface area contributed by atoms with Crippen molar-refractivity contribution in [1.82, 2.24) is 35.6 Å². The average molecular weight is 838 g/mol. The summed E-state index contributed by atoms with van der Waals surface area (Å²) in [5.74, 6) is -6.07. The van der Waals surface area contributed by atoms with Crippen LogP contribution in [0, 0.1) is 0 Å². The summed E-state index contributed by atoms with van der Waals surface area (Å²) < 4.78 is 0. The molecule has 6 N–H and O–H groups in total. The van der Waals surface area contributed by atoms with Gasteiger partial charge in [-0.3, -0.25) is 43.5 Å². The van der Waals surface area contributed by atoms with E-state index in [1.807, 2.05) is 0 Å². The quantitative estimate of drug-likeness (QED) is 0.0807. The minimum atomic E-state index is -1.51. The fourth-order valence-corrected chi connectivity index (χ4v) is 9.97. The number of nitrogens with one attached hydrogen (secondary N) is 3. The Balaban J connectivity index is 1.03. The number of benzene rings is 2. The first-order valence-electron chi connectivity index (χ1n) is 18.7. The number of nitrogens with zero attached hydrogens (tertiary/aromatic N) is 4. The molecule has 1 unspecified atom stereocenters. The Morgan fingerprint density at radius 2 is 1.72 bits per heavy atom. The molecule has 7 rings (SSSR count). The second-order valence-corrected chi connectivity index (χ2v) is 16.1. The third kappa shape index (κ3) is 7.44. The lowest BCUT2D eigenvalue weighted by Gasteiger charge is -2.50. The summed E-state index contributed by atoms with van der Waals surface area (Å²) >= 11 is 7.38. The number of likely N-dealkylation sites (N-methyl/N-ethyl adjacent to an activating group) is 1. The number of phenolic OH excluding ortho intramolecular Hbond substituents is 2. The van der Waals surface area contributed by atoms with Crippen LogP contribution in [0.5, 0.6) is 11.5 Å². The van der Waals surface area contributed by atoms with E-state index in [2.05, 4.69) is 20.9 Å². The number of carbonyl (C=O) groups excluding carboxylic acids is 7. The summed E-state index contributed by atoms with van der Waals surface area (Å²) in [6.45, 7) is 2.21. The molecule has 306 valence electrons. The van der Waals surface area contributed by atoms with Crippen molar-refractivity contribution < 1.29 is 53.7 Å². The van der Waals surface area contributed by atoms with Gasteiger partial charge in [-0.15, -0.1) is 11.8 Å². The lowest BCUT2D eigenvalue weighted by Crippen LogP contribution is -2.71. The summed E-state index contributed by atoms with van der Waals surface area (Å²) in [7, 11) is 0. The number of phenols is 2. The molecule has 5 aliphatic heterocycles. The van der Waals surface area contributed by atoms with Gasteiger partial charge >= 0.3 is 23.8 Å². The number of aliphatic carboxylic acids is 1. The standard InChI is InChI=1S/C38H40ClN7O11S/c1-2-43-10-11-44(35(54)34(43)53)38(57)42-27(19-5-3-4-18(12-19)16-47)32(51)41-28-33(52)46-29(37(55)56)20(17-58-36(28)46)15-45-22-6-7-23(45)14-21(13-22)40-31(50)24-8-9-25(48)30(49)26(24)39/h3-5,8-9,12,16,21-23,27-28,36,48-49H,2,6-7,10-11,13-15,17H2,1H3,(H,40,50)(H,41,51)(H,42,57)(H,55,56)/t21?,22-,23+,27-,28-,36-/m1/s1. The number of aldehydes is 1. The summed E-state index contributed by atoms with van der Waals surface area (Å²) in [5.41, 5.74) is 0.723. The molecule has 0 aromatic heterocycles. The number of urea groups is 1. The number of rotatable bonds is 11. The molecule has 58 heavy (non-hydrogen) atoms. The molecule has 2 aromatic rings. The zero-order chi connectivity index (χ0) is 41.6. The average Bonchev–Trinajstić information content (AvgIpc) is 3.43. The number of piperidine rings is 1. The number of halogens is 1. The van der Waals surface area contributed by atoms with Crippen molar-refractivity contribution in [3.8, 4) is 11.5 Å². The molecule has 7 amide bonds. The molecule has 0 saturated carbocycles. The van der Waals surface area contributed by atoms with Crippen molar-refractivity contribution in [2.45, 2.75) is 68.2 Å². The first kappa shape index (κ1) is 40.5. The monoisotopic (exact) mass is 837 g/mol. The second-order valence-electron chi connectivity index (χ2n) is 14.7. The van der Waals surface area contributed by atoms with E-state index in [4.69, 9.17) is 11.6 Å².